The van der Waals surface area contributed by atoms with Crippen molar-refractivity contribution in [2.24, 2.45) is 5.41 Å². The van der Waals surface area contributed by atoms with Crippen molar-refractivity contribution in [1.29, 1.82) is 0 Å². The van der Waals surface area contributed by atoms with Crippen molar-refractivity contribution in [2.45, 2.75) is 67.2 Å². The molecule has 1 rings (SSSR count). The van der Waals surface area contributed by atoms with Crippen molar-refractivity contribution < 1.29 is 4.79 Å². The molecule has 1 fully saturated rings. The second-order valence-electron chi connectivity index (χ2n) is 4.75. The average molecular weight is 186 g/mol. The molecule has 1 saturated carbocycles. The zero-order valence-corrected chi connectivity index (χ0v) is 10.2. The second-order valence-corrected chi connectivity index (χ2v) is 4.75. The van der Waals surface area contributed by atoms with Crippen molar-refractivity contribution in [1.82, 2.24) is 0 Å². The van der Waals surface area contributed by atoms with E-state index in [-0.39, 0.29) is 0 Å². The van der Waals surface area contributed by atoms with E-state index >= 15 is 0 Å². The summed E-state index contributed by atoms with van der Waals surface area (Å²) in [6, 6.07) is 0. The maximum atomic E-state index is 10.2. The predicted octanol–water partition coefficient (Wildman–Crippen LogP) is 4.21. The molecule has 0 spiro atoms. The topological polar surface area (TPSA) is 17.1 Å². The summed E-state index contributed by atoms with van der Waals surface area (Å²) in [6.07, 6.45) is 3.97. The molecule has 0 aromatic carbocycles. The summed E-state index contributed by atoms with van der Waals surface area (Å²) in [4.78, 5) is 10.2. The molecule has 1 aliphatic carbocycles. The highest BCUT2D eigenvalue weighted by atomic mass is 16.1. The molecule has 0 aromatic rings. The van der Waals surface area contributed by atoms with Gasteiger partial charge < -0.3 is 0 Å². The number of Topliss-reactive ketones (excluding diaryl/α,β-unsaturated/α-hetero) is 1. The molecule has 1 nitrogen and oxygen atoms in total. The number of carbonyl (C=O) groups is 1. The third-order valence-corrected chi connectivity index (χ3v) is 1.16. The van der Waals surface area contributed by atoms with Crippen molar-refractivity contribution >= 4 is 5.78 Å². The molecule has 80 valence electrons. The van der Waals surface area contributed by atoms with Gasteiger partial charge in [0.1, 0.15) is 5.78 Å². The normalized spacial score (nSPS) is 15.4. The standard InChI is InChI=1S/C5H8O.C5H12.C2H6/c6-5-3-1-2-4-5;1-5(2,3)4;1-2/h1-4H2;1-4H3;1-2H3. The molecule has 13 heavy (non-hydrogen) atoms. The minimum Gasteiger partial charge on any atom is -0.300 e. The van der Waals surface area contributed by atoms with Gasteiger partial charge in [0.25, 0.3) is 0 Å². The highest BCUT2D eigenvalue weighted by Crippen LogP contribution is 2.11. The molecule has 0 N–H and O–H groups in total. The minimum atomic E-state index is 0.454. The molecule has 0 aromatic heterocycles. The molecule has 0 unspecified atom stereocenters. The highest BCUT2D eigenvalue weighted by Gasteiger charge is 2.07. The lowest BCUT2D eigenvalue weighted by atomic mass is 10.0. The van der Waals surface area contributed by atoms with E-state index in [0.29, 0.717) is 11.2 Å². The summed E-state index contributed by atoms with van der Waals surface area (Å²) in [7, 11) is 0. The number of rotatable bonds is 0. The Kier molecular flexibility index (Phi) is 9.65. The Morgan fingerprint density at radius 1 is 0.923 bits per heavy atom. The fraction of sp³-hybridized carbons (Fsp3) is 0.917. The Morgan fingerprint density at radius 3 is 1.23 bits per heavy atom. The summed E-state index contributed by atoms with van der Waals surface area (Å²) in [5.74, 6) is 0.454. The number of carbonyl (C=O) groups excluding carboxylic acids is 1. The smallest absolute Gasteiger partial charge is 0.132 e. The van der Waals surface area contributed by atoms with Crippen LogP contribution in [0.3, 0.4) is 0 Å². The molecule has 0 bridgehead atoms. The first-order chi connectivity index (χ1) is 5.89. The van der Waals surface area contributed by atoms with Crippen LogP contribution in [0, 0.1) is 5.41 Å². The summed E-state index contributed by atoms with van der Waals surface area (Å²) < 4.78 is 0. The van der Waals surface area contributed by atoms with Crippen molar-refractivity contribution in [3.63, 3.8) is 0 Å². The summed E-state index contributed by atoms with van der Waals surface area (Å²) >= 11 is 0. The third kappa shape index (κ3) is 24.5. The van der Waals surface area contributed by atoms with Gasteiger partial charge in [0.05, 0.1) is 0 Å². The molecule has 0 heterocycles. The molecule has 0 saturated heterocycles. The van der Waals surface area contributed by atoms with Gasteiger partial charge in [-0.15, -0.1) is 0 Å². The summed E-state index contributed by atoms with van der Waals surface area (Å²) in [5, 5.41) is 0. The van der Waals surface area contributed by atoms with Crippen LogP contribution in [0.5, 0.6) is 0 Å². The van der Waals surface area contributed by atoms with Crippen LogP contribution in [-0.2, 0) is 4.79 Å². The van der Waals surface area contributed by atoms with E-state index in [2.05, 4.69) is 27.7 Å². The largest absolute Gasteiger partial charge is 0.300 e. The zero-order valence-electron chi connectivity index (χ0n) is 10.2. The Balaban J connectivity index is 0. The SMILES string of the molecule is CC.CC(C)(C)C.O=C1CCCC1. The van der Waals surface area contributed by atoms with Crippen molar-refractivity contribution in [3.8, 4) is 0 Å². The molecule has 0 radical (unpaired) electrons. The van der Waals surface area contributed by atoms with E-state index in [9.17, 15) is 4.79 Å². The minimum absolute atomic E-state index is 0.454. The Hall–Kier alpha value is -0.330. The quantitative estimate of drug-likeness (QED) is 0.554. The van der Waals surface area contributed by atoms with Gasteiger partial charge >= 0.3 is 0 Å². The van der Waals surface area contributed by atoms with Crippen LogP contribution in [0.4, 0.5) is 0 Å². The van der Waals surface area contributed by atoms with E-state index in [0.717, 1.165) is 25.7 Å². The van der Waals surface area contributed by atoms with Gasteiger partial charge in [0.2, 0.25) is 0 Å². The molecule has 1 aliphatic rings. The van der Waals surface area contributed by atoms with E-state index in [1.807, 2.05) is 13.8 Å². The Labute approximate surface area is 83.9 Å². The first kappa shape index (κ1) is 15.2. The molecule has 0 amide bonds. The fourth-order valence-electron chi connectivity index (χ4n) is 0.769. The lowest BCUT2D eigenvalue weighted by Crippen LogP contribution is -1.93. The van der Waals surface area contributed by atoms with Crippen LogP contribution < -0.4 is 0 Å². The van der Waals surface area contributed by atoms with Gasteiger partial charge in [-0.2, -0.15) is 0 Å². The van der Waals surface area contributed by atoms with E-state index in [4.69, 9.17) is 0 Å². The molecular weight excluding hydrogens is 160 g/mol. The van der Waals surface area contributed by atoms with Crippen LogP contribution in [0.1, 0.15) is 67.2 Å². The molecular formula is C12H26O. The summed E-state index contributed by atoms with van der Waals surface area (Å²) in [5.41, 5.74) is 0.500. The van der Waals surface area contributed by atoms with Gasteiger partial charge in [-0.3, -0.25) is 4.79 Å². The molecule has 1 heteroatoms. The van der Waals surface area contributed by atoms with Gasteiger partial charge in [0.15, 0.2) is 0 Å². The maximum absolute atomic E-state index is 10.2. The lowest BCUT2D eigenvalue weighted by Gasteiger charge is -2.05. The lowest BCUT2D eigenvalue weighted by molar-refractivity contribution is -0.117. The second kappa shape index (κ2) is 8.28. The average Bonchev–Trinajstić information content (AvgIpc) is 2.40. The van der Waals surface area contributed by atoms with Crippen molar-refractivity contribution in [3.05, 3.63) is 0 Å². The van der Waals surface area contributed by atoms with E-state index < -0.39 is 0 Å². The van der Waals surface area contributed by atoms with E-state index in [1.54, 1.807) is 0 Å². The van der Waals surface area contributed by atoms with Crippen LogP contribution in [-0.4, -0.2) is 5.78 Å². The first-order valence-electron chi connectivity index (χ1n) is 5.41. The summed E-state index contributed by atoms with van der Waals surface area (Å²) in [6.45, 7) is 12.8. The van der Waals surface area contributed by atoms with Crippen LogP contribution in [0.2, 0.25) is 0 Å². The van der Waals surface area contributed by atoms with E-state index in [1.165, 1.54) is 0 Å². The first-order valence-corrected chi connectivity index (χ1v) is 5.41. The number of ketones is 1. The number of hydrogen-bond donors (Lipinski definition) is 0. The zero-order chi connectivity index (χ0) is 10.9. The van der Waals surface area contributed by atoms with Gasteiger partial charge in [-0.1, -0.05) is 41.5 Å². The Bertz CT molecular complexity index is 106. The molecule has 0 atom stereocenters. The van der Waals surface area contributed by atoms with Crippen LogP contribution >= 0.6 is 0 Å². The van der Waals surface area contributed by atoms with Gasteiger partial charge in [-0.05, 0) is 18.3 Å². The number of hydrogen-bond acceptors (Lipinski definition) is 1. The third-order valence-electron chi connectivity index (χ3n) is 1.16. The van der Waals surface area contributed by atoms with Crippen LogP contribution in [0.15, 0.2) is 0 Å². The maximum Gasteiger partial charge on any atom is 0.132 e. The van der Waals surface area contributed by atoms with Crippen molar-refractivity contribution in [2.75, 3.05) is 0 Å². The predicted molar refractivity (Wildman–Crippen MR) is 60.0 cm³/mol. The fourth-order valence-corrected chi connectivity index (χ4v) is 0.769. The molecule has 0 aliphatic heterocycles. The monoisotopic (exact) mass is 186 g/mol. The highest BCUT2D eigenvalue weighted by molar-refractivity contribution is 5.79. The van der Waals surface area contributed by atoms with Gasteiger partial charge in [0, 0.05) is 12.8 Å². The Morgan fingerprint density at radius 2 is 1.15 bits per heavy atom. The van der Waals surface area contributed by atoms with Gasteiger partial charge in [-0.25, -0.2) is 0 Å². The van der Waals surface area contributed by atoms with Crippen LogP contribution in [0.25, 0.3) is 0 Å².